The van der Waals surface area contributed by atoms with Crippen molar-refractivity contribution in [3.05, 3.63) is 23.8 Å². The van der Waals surface area contributed by atoms with Crippen molar-refractivity contribution < 1.29 is 17.2 Å². The van der Waals surface area contributed by atoms with Gasteiger partial charge in [-0.1, -0.05) is 6.07 Å². The van der Waals surface area contributed by atoms with Crippen LogP contribution in [0, 0.1) is 0 Å². The van der Waals surface area contributed by atoms with Crippen molar-refractivity contribution in [1.82, 2.24) is 9.62 Å². The van der Waals surface area contributed by atoms with Gasteiger partial charge in [-0.05, 0) is 50.0 Å². The van der Waals surface area contributed by atoms with Gasteiger partial charge >= 0.3 is 0 Å². The van der Waals surface area contributed by atoms with Crippen molar-refractivity contribution in [2.45, 2.75) is 49.0 Å². The Hall–Kier alpha value is -1.25. The van der Waals surface area contributed by atoms with Crippen LogP contribution in [-0.4, -0.2) is 57.4 Å². The third-order valence-electron chi connectivity index (χ3n) is 5.83. The topological polar surface area (TPSA) is 52.7 Å². The smallest absolute Gasteiger partial charge is 0.250 e. The van der Waals surface area contributed by atoms with Gasteiger partial charge in [0.25, 0.3) is 5.92 Å². The molecule has 8 heteroatoms. The van der Waals surface area contributed by atoms with E-state index >= 15 is 0 Å². The van der Waals surface area contributed by atoms with Crippen LogP contribution in [0.15, 0.2) is 23.1 Å². The van der Waals surface area contributed by atoms with Crippen molar-refractivity contribution in [2.75, 3.05) is 37.6 Å². The third kappa shape index (κ3) is 3.34. The Kier molecular flexibility index (Phi) is 4.69. The monoisotopic (exact) mass is 385 g/mol. The van der Waals surface area contributed by atoms with Gasteiger partial charge in [-0.3, -0.25) is 0 Å². The van der Waals surface area contributed by atoms with E-state index in [9.17, 15) is 17.2 Å². The summed E-state index contributed by atoms with van der Waals surface area (Å²) in [6.07, 6.45) is 2.22. The first-order chi connectivity index (χ1) is 12.4. The number of hydrogen-bond acceptors (Lipinski definition) is 4. The van der Waals surface area contributed by atoms with Gasteiger partial charge in [-0.2, -0.15) is 4.31 Å². The maximum Gasteiger partial charge on any atom is 0.250 e. The molecule has 3 heterocycles. The van der Waals surface area contributed by atoms with Crippen molar-refractivity contribution in [3.8, 4) is 0 Å². The van der Waals surface area contributed by atoms with Crippen molar-refractivity contribution in [1.29, 1.82) is 0 Å². The fourth-order valence-electron chi connectivity index (χ4n) is 4.24. The first kappa shape index (κ1) is 18.1. The predicted octanol–water partition coefficient (Wildman–Crippen LogP) is 2.22. The summed E-state index contributed by atoms with van der Waals surface area (Å²) in [4.78, 5) is 2.56. The Labute approximate surface area is 153 Å². The molecule has 1 N–H and O–H groups in total. The van der Waals surface area contributed by atoms with E-state index in [-0.39, 0.29) is 18.0 Å². The molecule has 0 aliphatic carbocycles. The quantitative estimate of drug-likeness (QED) is 0.867. The molecule has 3 aliphatic rings. The zero-order valence-electron chi connectivity index (χ0n) is 14.8. The Morgan fingerprint density at radius 3 is 2.46 bits per heavy atom. The average molecular weight is 385 g/mol. The van der Waals surface area contributed by atoms with E-state index in [2.05, 4.69) is 10.2 Å². The van der Waals surface area contributed by atoms with Crippen LogP contribution in [0.5, 0.6) is 0 Å². The number of sulfonamides is 1. The average Bonchev–Trinajstić information content (AvgIpc) is 3.05. The summed E-state index contributed by atoms with van der Waals surface area (Å²) in [5.74, 6) is -2.75. The van der Waals surface area contributed by atoms with Gasteiger partial charge in [0.2, 0.25) is 10.0 Å². The molecule has 5 nitrogen and oxygen atoms in total. The lowest BCUT2D eigenvalue weighted by atomic mass is 10.0. The first-order valence-electron chi connectivity index (χ1n) is 9.35. The molecule has 0 atom stereocenters. The molecule has 0 amide bonds. The zero-order chi connectivity index (χ0) is 18.4. The van der Waals surface area contributed by atoms with Crippen molar-refractivity contribution in [2.24, 2.45) is 0 Å². The van der Waals surface area contributed by atoms with Crippen LogP contribution in [0.1, 0.15) is 31.2 Å². The second-order valence-corrected chi connectivity index (χ2v) is 9.41. The van der Waals surface area contributed by atoms with Crippen LogP contribution < -0.4 is 10.2 Å². The van der Waals surface area contributed by atoms with E-state index in [0.29, 0.717) is 6.04 Å². The van der Waals surface area contributed by atoms with Crippen molar-refractivity contribution in [3.63, 3.8) is 0 Å². The summed E-state index contributed by atoms with van der Waals surface area (Å²) in [5.41, 5.74) is 2.17. The fraction of sp³-hybridized carbons (Fsp3) is 0.667. The maximum atomic E-state index is 13.4. The Morgan fingerprint density at radius 2 is 1.77 bits per heavy atom. The lowest BCUT2D eigenvalue weighted by Crippen LogP contribution is -2.43. The molecule has 0 spiro atoms. The lowest BCUT2D eigenvalue weighted by molar-refractivity contribution is -0.0412. The van der Waals surface area contributed by atoms with Crippen LogP contribution in [0.4, 0.5) is 14.5 Å². The minimum atomic E-state index is -3.73. The highest BCUT2D eigenvalue weighted by Gasteiger charge is 2.39. The minimum Gasteiger partial charge on any atom is -0.368 e. The number of hydrogen-bond donors (Lipinski definition) is 1. The third-order valence-corrected chi connectivity index (χ3v) is 7.72. The molecule has 0 radical (unpaired) electrons. The predicted molar refractivity (Wildman–Crippen MR) is 96.3 cm³/mol. The highest BCUT2D eigenvalue weighted by atomic mass is 32.2. The minimum absolute atomic E-state index is 0.121. The van der Waals surface area contributed by atoms with Crippen molar-refractivity contribution >= 4 is 15.7 Å². The highest BCUT2D eigenvalue weighted by molar-refractivity contribution is 7.89. The van der Waals surface area contributed by atoms with E-state index in [4.69, 9.17) is 0 Å². The number of anilines is 1. The van der Waals surface area contributed by atoms with Gasteiger partial charge in [-0.15, -0.1) is 0 Å². The van der Waals surface area contributed by atoms with Gasteiger partial charge in [0.1, 0.15) is 0 Å². The Balaban J connectivity index is 1.58. The summed E-state index contributed by atoms with van der Waals surface area (Å²) in [7, 11) is -3.73. The molecule has 0 saturated carbocycles. The molecule has 1 aromatic rings. The molecule has 144 valence electrons. The summed E-state index contributed by atoms with van der Waals surface area (Å²) >= 11 is 0. The molecule has 1 aromatic carbocycles. The number of halogens is 2. The van der Waals surface area contributed by atoms with Gasteiger partial charge in [-0.25, -0.2) is 17.2 Å². The van der Waals surface area contributed by atoms with Crippen LogP contribution in [0.2, 0.25) is 0 Å². The largest absolute Gasteiger partial charge is 0.368 e. The summed E-state index contributed by atoms with van der Waals surface area (Å²) in [5, 5.41) is 3.36. The molecule has 0 bridgehead atoms. The van der Waals surface area contributed by atoms with E-state index in [1.165, 1.54) is 9.87 Å². The molecule has 2 fully saturated rings. The number of alkyl halides is 2. The maximum absolute atomic E-state index is 13.4. The van der Waals surface area contributed by atoms with Gasteiger partial charge in [0, 0.05) is 44.2 Å². The van der Waals surface area contributed by atoms with E-state index in [1.807, 2.05) is 6.07 Å². The number of rotatable bonds is 3. The molecule has 3 aliphatic heterocycles. The molecule has 0 aromatic heterocycles. The number of benzene rings is 1. The van der Waals surface area contributed by atoms with Crippen LogP contribution in [-0.2, 0) is 16.4 Å². The molecular weight excluding hydrogens is 360 g/mol. The fourth-order valence-corrected chi connectivity index (χ4v) is 5.71. The Bertz CT molecular complexity index is 769. The molecule has 2 saturated heterocycles. The molecule has 0 unspecified atom stereocenters. The summed E-state index contributed by atoms with van der Waals surface area (Å²) in [6.45, 7) is 2.64. The molecule has 4 rings (SSSR count). The first-order valence-corrected chi connectivity index (χ1v) is 10.8. The number of nitrogens with zero attached hydrogens (tertiary/aromatic N) is 2. The summed E-state index contributed by atoms with van der Waals surface area (Å²) in [6, 6.07) is 5.71. The SMILES string of the molecule is O=S(=O)(c1ccc2c(c1)N(C1CCNCC1)CC2)N1CCC(F)(F)CC1. The van der Waals surface area contributed by atoms with E-state index < -0.39 is 28.8 Å². The van der Waals surface area contributed by atoms with Crippen LogP contribution in [0.3, 0.4) is 0 Å². The van der Waals surface area contributed by atoms with E-state index in [0.717, 1.165) is 44.6 Å². The highest BCUT2D eigenvalue weighted by Crippen LogP contribution is 2.36. The van der Waals surface area contributed by atoms with Gasteiger partial charge < -0.3 is 10.2 Å². The molecular formula is C18H25F2N3O2S. The second-order valence-electron chi connectivity index (χ2n) is 7.48. The van der Waals surface area contributed by atoms with Crippen LogP contribution in [0.25, 0.3) is 0 Å². The van der Waals surface area contributed by atoms with Gasteiger partial charge in [0.05, 0.1) is 4.90 Å². The zero-order valence-corrected chi connectivity index (χ0v) is 15.6. The van der Waals surface area contributed by atoms with Gasteiger partial charge in [0.15, 0.2) is 0 Å². The van der Waals surface area contributed by atoms with Crippen LogP contribution >= 0.6 is 0 Å². The Morgan fingerprint density at radius 1 is 1.08 bits per heavy atom. The summed E-state index contributed by atoms with van der Waals surface area (Å²) < 4.78 is 53.8. The molecule has 26 heavy (non-hydrogen) atoms. The number of nitrogens with one attached hydrogen (secondary N) is 1. The normalized spacial score (nSPS) is 24.6. The van der Waals surface area contributed by atoms with E-state index in [1.54, 1.807) is 12.1 Å². The lowest BCUT2D eigenvalue weighted by Gasteiger charge is -2.34. The standard InChI is InChI=1S/C18H25F2N3O2S/c19-18(20)6-11-22(12-7-18)26(24,25)16-2-1-14-5-10-23(17(14)13-16)15-3-8-21-9-4-15/h1-2,13,15,21H,3-12H2. The number of piperidine rings is 2. The second kappa shape index (κ2) is 6.73. The number of fused-ring (bicyclic) bond motifs is 1.